The lowest BCUT2D eigenvalue weighted by Crippen LogP contribution is -2.32. The summed E-state index contributed by atoms with van der Waals surface area (Å²) < 4.78 is 16.0. The number of nitriles is 2. The Kier molecular flexibility index (Phi) is 7.74. The van der Waals surface area contributed by atoms with Crippen LogP contribution in [0.2, 0.25) is 0 Å². The van der Waals surface area contributed by atoms with Gasteiger partial charge in [0.1, 0.15) is 11.5 Å². The maximum Gasteiger partial charge on any atom is 0.151 e. The number of rotatable bonds is 3. The number of fused-ring (bicyclic) bond motifs is 17. The Morgan fingerprint density at radius 1 is 0.457 bits per heavy atom. The van der Waals surface area contributed by atoms with Crippen molar-refractivity contribution in [2.75, 3.05) is 4.90 Å². The van der Waals surface area contributed by atoms with Gasteiger partial charge in [0.05, 0.1) is 62.5 Å². The molecule has 8 heteroatoms. The first-order valence-electron chi connectivity index (χ1n) is 23.3. The predicted molar refractivity (Wildman–Crippen MR) is 271 cm³/mol. The molecule has 0 amide bonds. The van der Waals surface area contributed by atoms with Gasteiger partial charge in [-0.05, 0) is 136 Å². The van der Waals surface area contributed by atoms with Crippen molar-refractivity contribution in [3.8, 4) is 63.3 Å². The Balaban J connectivity index is 0.947. The zero-order valence-electron chi connectivity index (χ0n) is 37.1. The minimum atomic E-state index is -0.789. The molecule has 70 heavy (non-hydrogen) atoms. The number of para-hydroxylation sites is 4. The third kappa shape index (κ3) is 5.06. The highest BCUT2D eigenvalue weighted by molar-refractivity contribution is 6.11. The molecule has 4 aliphatic rings. The molecule has 2 aliphatic heterocycles. The highest BCUT2D eigenvalue weighted by Crippen LogP contribution is 2.62. The van der Waals surface area contributed by atoms with Gasteiger partial charge in [-0.2, -0.15) is 10.5 Å². The summed E-state index contributed by atoms with van der Waals surface area (Å²) in [5, 5.41) is 22.1. The second kappa shape index (κ2) is 14.1. The Morgan fingerprint density at radius 3 is 1.79 bits per heavy atom. The number of pyridine rings is 2. The van der Waals surface area contributed by atoms with E-state index in [0.717, 1.165) is 123 Å². The Hall–Kier alpha value is -9.76. The summed E-state index contributed by atoms with van der Waals surface area (Å²) in [5.41, 5.74) is 17.7. The molecular weight excluding hydrogens is 861 g/mol. The number of anilines is 3. The molecule has 8 aromatic carbocycles. The van der Waals surface area contributed by atoms with E-state index in [9.17, 15) is 10.5 Å². The van der Waals surface area contributed by atoms with Crippen LogP contribution in [-0.2, 0) is 5.41 Å². The predicted octanol–water partition coefficient (Wildman–Crippen LogP) is 14.5. The van der Waals surface area contributed by atoms with Crippen LogP contribution in [-0.4, -0.2) is 14.5 Å². The molecular formula is C62H34N6O2. The smallest absolute Gasteiger partial charge is 0.151 e. The average Bonchev–Trinajstić information content (AvgIpc) is 4.03. The van der Waals surface area contributed by atoms with Gasteiger partial charge in [-0.15, -0.1) is 0 Å². The van der Waals surface area contributed by atoms with Crippen LogP contribution >= 0.6 is 0 Å². The van der Waals surface area contributed by atoms with E-state index in [1.54, 1.807) is 0 Å². The first-order valence-corrected chi connectivity index (χ1v) is 23.3. The maximum atomic E-state index is 10.2. The van der Waals surface area contributed by atoms with Gasteiger partial charge in [-0.1, -0.05) is 84.9 Å². The zero-order chi connectivity index (χ0) is 46.2. The highest BCUT2D eigenvalue weighted by Gasteiger charge is 2.52. The first-order chi connectivity index (χ1) is 34.6. The number of benzene rings is 8. The summed E-state index contributed by atoms with van der Waals surface area (Å²) in [6.07, 6.45) is 3.69. The molecule has 15 rings (SSSR count). The number of hydrogen-bond donors (Lipinski definition) is 0. The second-order valence-corrected chi connectivity index (χ2v) is 18.3. The first kappa shape index (κ1) is 38.4. The van der Waals surface area contributed by atoms with Crippen LogP contribution in [0.3, 0.4) is 0 Å². The zero-order valence-corrected chi connectivity index (χ0v) is 37.1. The van der Waals surface area contributed by atoms with E-state index in [0.29, 0.717) is 11.1 Å². The minimum absolute atomic E-state index is 0.0665. The molecule has 1 unspecified atom stereocenters. The fourth-order valence-corrected chi connectivity index (χ4v) is 12.1. The van der Waals surface area contributed by atoms with E-state index in [2.05, 4.69) is 131 Å². The lowest BCUT2D eigenvalue weighted by atomic mass is 9.66. The topological polar surface area (TPSA) is 100.0 Å². The Morgan fingerprint density at radius 2 is 1.04 bits per heavy atom. The van der Waals surface area contributed by atoms with Crippen LogP contribution in [0.25, 0.3) is 50.0 Å². The normalized spacial score (nSPS) is 14.7. The molecule has 2 aliphatic carbocycles. The summed E-state index contributed by atoms with van der Waals surface area (Å²) in [5.74, 6) is 2.97. The van der Waals surface area contributed by atoms with Crippen LogP contribution < -0.4 is 14.4 Å². The molecule has 0 bridgehead atoms. The maximum absolute atomic E-state index is 10.2. The molecule has 0 saturated heterocycles. The van der Waals surface area contributed by atoms with Crippen molar-refractivity contribution < 1.29 is 9.47 Å². The summed E-state index contributed by atoms with van der Waals surface area (Å²) >= 11 is 0. The lowest BCUT2D eigenvalue weighted by molar-refractivity contribution is 0.435. The SMILES string of the molecule is N#Cc1ccc2c(c1)-c1ccccc1C2c1ccc2c(c1)Oc1cc(-n3c4ccc(C#N)cc4c4cc(N5c6ccccc6Oc6ccccc65)ccc43)ccc1C21c2cccnc2-c2ncccc21. The molecule has 324 valence electrons. The summed E-state index contributed by atoms with van der Waals surface area (Å²) in [4.78, 5) is 12.2. The number of ether oxygens (including phenoxy) is 2. The number of hydrogen-bond acceptors (Lipinski definition) is 7. The van der Waals surface area contributed by atoms with Gasteiger partial charge in [0.15, 0.2) is 11.5 Å². The van der Waals surface area contributed by atoms with Crippen molar-refractivity contribution in [3.63, 3.8) is 0 Å². The number of nitrogens with zero attached hydrogens (tertiary/aromatic N) is 6. The van der Waals surface area contributed by atoms with E-state index < -0.39 is 5.41 Å². The fourth-order valence-electron chi connectivity index (χ4n) is 12.1. The minimum Gasteiger partial charge on any atom is -0.457 e. The van der Waals surface area contributed by atoms with Gasteiger partial charge in [0.25, 0.3) is 0 Å². The van der Waals surface area contributed by atoms with Gasteiger partial charge in [-0.3, -0.25) is 9.97 Å². The van der Waals surface area contributed by atoms with Gasteiger partial charge in [-0.25, -0.2) is 0 Å². The molecule has 11 aromatic rings. The second-order valence-electron chi connectivity index (χ2n) is 18.3. The number of aromatic nitrogens is 3. The highest BCUT2D eigenvalue weighted by atomic mass is 16.5. The Bertz CT molecular complexity index is 4120. The van der Waals surface area contributed by atoms with E-state index in [4.69, 9.17) is 19.4 Å². The van der Waals surface area contributed by atoms with E-state index in [-0.39, 0.29) is 5.92 Å². The summed E-state index contributed by atoms with van der Waals surface area (Å²) in [6, 6.07) is 69.7. The van der Waals surface area contributed by atoms with Crippen LogP contribution in [0, 0.1) is 22.7 Å². The van der Waals surface area contributed by atoms with Gasteiger partial charge < -0.3 is 18.9 Å². The van der Waals surface area contributed by atoms with Crippen molar-refractivity contribution in [2.45, 2.75) is 11.3 Å². The summed E-state index contributed by atoms with van der Waals surface area (Å²) in [7, 11) is 0. The standard InChI is InChI=1S/C62H34N6O2/c63-34-36-17-22-43-44(29-36)41-9-1-2-10-42(41)59(43)38-19-23-47-57(31-38)70-58-33-40(20-24-48(58)62(47)49-11-7-27-65-60(49)61-50(62)12-8-28-66-61)67-51-25-18-37(35-64)30-45(51)46-32-39(21-26-52(46)67)68-53-13-3-5-15-55(53)69-56-16-6-4-14-54(56)68/h1-33,59H. The van der Waals surface area contributed by atoms with Crippen molar-refractivity contribution in [1.29, 1.82) is 10.5 Å². The largest absolute Gasteiger partial charge is 0.457 e. The van der Waals surface area contributed by atoms with Crippen LogP contribution in [0.4, 0.5) is 17.1 Å². The molecule has 5 heterocycles. The lowest BCUT2D eigenvalue weighted by Gasteiger charge is -2.39. The third-order valence-electron chi connectivity index (χ3n) is 14.9. The quantitative estimate of drug-likeness (QED) is 0.174. The van der Waals surface area contributed by atoms with Crippen molar-refractivity contribution in [2.24, 2.45) is 0 Å². The monoisotopic (exact) mass is 894 g/mol. The molecule has 8 nitrogen and oxygen atoms in total. The van der Waals surface area contributed by atoms with Crippen LogP contribution in [0.1, 0.15) is 56.0 Å². The van der Waals surface area contributed by atoms with Gasteiger partial charge in [0.2, 0.25) is 0 Å². The molecule has 1 spiro atoms. The molecule has 1 atom stereocenters. The summed E-state index contributed by atoms with van der Waals surface area (Å²) in [6.45, 7) is 0. The van der Waals surface area contributed by atoms with E-state index in [1.165, 1.54) is 5.56 Å². The molecule has 0 fully saturated rings. The average molecular weight is 895 g/mol. The van der Waals surface area contributed by atoms with Crippen molar-refractivity contribution in [3.05, 3.63) is 251 Å². The molecule has 3 aromatic heterocycles. The molecule has 0 radical (unpaired) electrons. The molecule has 0 N–H and O–H groups in total. The van der Waals surface area contributed by atoms with E-state index in [1.807, 2.05) is 91.3 Å². The van der Waals surface area contributed by atoms with Crippen LogP contribution in [0.15, 0.2) is 200 Å². The van der Waals surface area contributed by atoms with Crippen molar-refractivity contribution >= 4 is 38.9 Å². The van der Waals surface area contributed by atoms with Gasteiger partial charge in [0, 0.05) is 57.7 Å². The van der Waals surface area contributed by atoms with Gasteiger partial charge >= 0.3 is 0 Å². The fraction of sp³-hybridized carbons (Fsp3) is 0.0323. The Labute approximate surface area is 401 Å². The van der Waals surface area contributed by atoms with Crippen LogP contribution in [0.5, 0.6) is 23.0 Å². The third-order valence-corrected chi connectivity index (χ3v) is 14.9. The van der Waals surface area contributed by atoms with Crippen molar-refractivity contribution in [1.82, 2.24) is 14.5 Å². The van der Waals surface area contributed by atoms with E-state index >= 15 is 0 Å². The molecule has 0 saturated carbocycles.